The van der Waals surface area contributed by atoms with Crippen molar-refractivity contribution in [2.45, 2.75) is 19.3 Å². The van der Waals surface area contributed by atoms with E-state index in [2.05, 4.69) is 170 Å². The van der Waals surface area contributed by atoms with Crippen LogP contribution in [0.1, 0.15) is 25.0 Å². The predicted octanol–water partition coefficient (Wildman–Crippen LogP) is 13.7. The SMILES string of the molecule is CC1(C)c2ccccc2-c2c(N(c3ccc(-c4ccccc4)cc3)c3ccc(-c4ccc5nc6c7c(nccc7c5c4)-c4ccccc4O6)cc3)cccc21. The Morgan fingerprint density at radius 3 is 1.95 bits per heavy atom. The van der Waals surface area contributed by atoms with Crippen LogP contribution >= 0.6 is 0 Å². The average molecular weight is 706 g/mol. The largest absolute Gasteiger partial charge is 0.438 e. The van der Waals surface area contributed by atoms with Gasteiger partial charge in [-0.3, -0.25) is 4.98 Å². The highest BCUT2D eigenvalue weighted by Gasteiger charge is 2.37. The third-order valence-corrected chi connectivity index (χ3v) is 11.5. The molecule has 260 valence electrons. The predicted molar refractivity (Wildman–Crippen MR) is 226 cm³/mol. The fourth-order valence-corrected chi connectivity index (χ4v) is 8.82. The summed E-state index contributed by atoms with van der Waals surface area (Å²) in [6, 6.07) is 60.8. The van der Waals surface area contributed by atoms with Crippen LogP contribution in [0.25, 0.3) is 66.3 Å². The van der Waals surface area contributed by atoms with E-state index in [4.69, 9.17) is 14.7 Å². The molecule has 0 spiro atoms. The van der Waals surface area contributed by atoms with Gasteiger partial charge < -0.3 is 9.64 Å². The number of aromatic nitrogens is 2. The van der Waals surface area contributed by atoms with Gasteiger partial charge in [-0.1, -0.05) is 123 Å². The lowest BCUT2D eigenvalue weighted by atomic mass is 9.82. The molecule has 1 aliphatic carbocycles. The third-order valence-electron chi connectivity index (χ3n) is 11.5. The minimum absolute atomic E-state index is 0.102. The van der Waals surface area contributed by atoms with Crippen LogP contribution in [0, 0.1) is 0 Å². The summed E-state index contributed by atoms with van der Waals surface area (Å²) in [5, 5.41) is 3.12. The number of anilines is 3. The molecule has 0 unspecified atom stereocenters. The number of benzene rings is 7. The van der Waals surface area contributed by atoms with Gasteiger partial charge in [-0.15, -0.1) is 0 Å². The molecule has 0 amide bonds. The maximum absolute atomic E-state index is 6.31. The number of fused-ring (bicyclic) bond motifs is 7. The molecule has 0 saturated carbocycles. The zero-order valence-electron chi connectivity index (χ0n) is 30.5. The van der Waals surface area contributed by atoms with Crippen molar-refractivity contribution >= 4 is 38.7 Å². The van der Waals surface area contributed by atoms with Gasteiger partial charge in [-0.25, -0.2) is 4.98 Å². The summed E-state index contributed by atoms with van der Waals surface area (Å²) in [6.07, 6.45) is 1.89. The zero-order valence-corrected chi connectivity index (χ0v) is 30.5. The second-order valence-corrected chi connectivity index (χ2v) is 15.0. The molecule has 9 aromatic rings. The van der Waals surface area contributed by atoms with E-state index in [-0.39, 0.29) is 5.41 Å². The number of hydrogen-bond donors (Lipinski definition) is 0. The van der Waals surface area contributed by atoms with Crippen molar-refractivity contribution in [2.24, 2.45) is 0 Å². The number of rotatable bonds is 5. The molecule has 55 heavy (non-hydrogen) atoms. The van der Waals surface area contributed by atoms with Crippen LogP contribution in [0.5, 0.6) is 11.6 Å². The minimum atomic E-state index is -0.102. The number of nitrogens with zero attached hydrogens (tertiary/aromatic N) is 3. The average Bonchev–Trinajstić information content (AvgIpc) is 3.48. The molecule has 0 saturated heterocycles. The molecule has 4 heteroatoms. The highest BCUT2D eigenvalue weighted by atomic mass is 16.5. The Kier molecular flexibility index (Phi) is 6.86. The first-order valence-electron chi connectivity index (χ1n) is 18.8. The van der Waals surface area contributed by atoms with Gasteiger partial charge in [0.1, 0.15) is 5.75 Å². The molecule has 11 rings (SSSR count). The van der Waals surface area contributed by atoms with Crippen molar-refractivity contribution in [3.63, 3.8) is 0 Å². The third kappa shape index (κ3) is 4.85. The zero-order chi connectivity index (χ0) is 36.7. The summed E-state index contributed by atoms with van der Waals surface area (Å²) in [5.74, 6) is 1.39. The molecule has 3 heterocycles. The summed E-state index contributed by atoms with van der Waals surface area (Å²) in [6.45, 7) is 4.68. The van der Waals surface area contributed by atoms with Crippen molar-refractivity contribution < 1.29 is 4.74 Å². The van der Waals surface area contributed by atoms with Gasteiger partial charge in [0.2, 0.25) is 5.88 Å². The topological polar surface area (TPSA) is 38.2 Å². The lowest BCUT2D eigenvalue weighted by molar-refractivity contribution is 0.469. The molecule has 2 aliphatic rings. The van der Waals surface area contributed by atoms with Gasteiger partial charge >= 0.3 is 0 Å². The summed E-state index contributed by atoms with van der Waals surface area (Å²) >= 11 is 0. The van der Waals surface area contributed by atoms with E-state index >= 15 is 0 Å². The summed E-state index contributed by atoms with van der Waals surface area (Å²) in [4.78, 5) is 12.2. The second kappa shape index (κ2) is 12.0. The highest BCUT2D eigenvalue weighted by Crippen LogP contribution is 2.54. The van der Waals surface area contributed by atoms with E-state index in [9.17, 15) is 0 Å². The van der Waals surface area contributed by atoms with Gasteiger partial charge in [0.15, 0.2) is 0 Å². The van der Waals surface area contributed by atoms with Crippen molar-refractivity contribution in [1.82, 2.24) is 9.97 Å². The first kappa shape index (κ1) is 31.5. The maximum atomic E-state index is 6.31. The molecular weight excluding hydrogens is 671 g/mol. The monoisotopic (exact) mass is 705 g/mol. The molecule has 0 bridgehead atoms. The van der Waals surface area contributed by atoms with E-state index in [0.717, 1.165) is 61.2 Å². The number of pyridine rings is 2. The summed E-state index contributed by atoms with van der Waals surface area (Å²) in [5.41, 5.74) is 16.0. The highest BCUT2D eigenvalue weighted by molar-refractivity contribution is 6.14. The van der Waals surface area contributed by atoms with Gasteiger partial charge in [-0.05, 0) is 99.6 Å². The van der Waals surface area contributed by atoms with E-state index in [1.165, 1.54) is 39.1 Å². The quantitative estimate of drug-likeness (QED) is 0.167. The Hall–Kier alpha value is -7.04. The Balaban J connectivity index is 1.04. The molecule has 1 aliphatic heterocycles. The normalized spacial score (nSPS) is 13.2. The van der Waals surface area contributed by atoms with Crippen molar-refractivity contribution in [3.8, 4) is 56.3 Å². The molecule has 0 fully saturated rings. The minimum Gasteiger partial charge on any atom is -0.438 e. The van der Waals surface area contributed by atoms with Crippen LogP contribution in [-0.4, -0.2) is 9.97 Å². The van der Waals surface area contributed by atoms with Crippen molar-refractivity contribution in [1.29, 1.82) is 0 Å². The number of ether oxygens (including phenoxy) is 1. The smallest absolute Gasteiger partial charge is 0.229 e. The molecule has 0 atom stereocenters. The van der Waals surface area contributed by atoms with Gasteiger partial charge in [-0.2, -0.15) is 0 Å². The molecule has 2 aromatic heterocycles. The lowest BCUT2D eigenvalue weighted by Crippen LogP contribution is -2.16. The summed E-state index contributed by atoms with van der Waals surface area (Å²) in [7, 11) is 0. The van der Waals surface area contributed by atoms with Crippen LogP contribution in [0.2, 0.25) is 0 Å². The first-order chi connectivity index (χ1) is 27.0. The van der Waals surface area contributed by atoms with Crippen LogP contribution in [0.4, 0.5) is 17.1 Å². The lowest BCUT2D eigenvalue weighted by Gasteiger charge is -2.29. The molecule has 0 N–H and O–H groups in total. The molecule has 0 radical (unpaired) electrons. The maximum Gasteiger partial charge on any atom is 0.229 e. The first-order valence-corrected chi connectivity index (χ1v) is 18.8. The fourth-order valence-electron chi connectivity index (χ4n) is 8.82. The second-order valence-electron chi connectivity index (χ2n) is 15.0. The summed E-state index contributed by atoms with van der Waals surface area (Å²) < 4.78 is 6.31. The Morgan fingerprint density at radius 2 is 1.16 bits per heavy atom. The van der Waals surface area contributed by atoms with E-state index in [0.29, 0.717) is 5.88 Å². The van der Waals surface area contributed by atoms with Crippen LogP contribution in [-0.2, 0) is 5.41 Å². The van der Waals surface area contributed by atoms with Gasteiger partial charge in [0.25, 0.3) is 0 Å². The van der Waals surface area contributed by atoms with E-state index in [1.807, 2.05) is 24.4 Å². The Morgan fingerprint density at radius 1 is 0.527 bits per heavy atom. The standard InChI is InChI=1S/C51H35N3O/c1-51(2)42-15-8-6-13-39(42)47-43(51)16-10-17-45(47)54(36-24-19-33(20-25-36)32-11-4-3-5-12-32)37-26-21-34(22-27-37)35-23-28-44-41(31-35)38-29-30-52-49-40-14-7-9-18-46(40)55-50(53-44)48(38)49/h3-31H,1-2H3. The van der Waals surface area contributed by atoms with Crippen LogP contribution in [0.15, 0.2) is 176 Å². The van der Waals surface area contributed by atoms with Gasteiger partial charge in [0, 0.05) is 44.9 Å². The Labute approximate surface area is 320 Å². The molecule has 7 aromatic carbocycles. The van der Waals surface area contributed by atoms with Gasteiger partial charge in [0.05, 0.1) is 22.3 Å². The Bertz CT molecular complexity index is 2970. The van der Waals surface area contributed by atoms with E-state index in [1.54, 1.807) is 0 Å². The van der Waals surface area contributed by atoms with Crippen LogP contribution < -0.4 is 9.64 Å². The van der Waals surface area contributed by atoms with E-state index < -0.39 is 0 Å². The number of hydrogen-bond acceptors (Lipinski definition) is 4. The van der Waals surface area contributed by atoms with Crippen molar-refractivity contribution in [3.05, 3.63) is 187 Å². The van der Waals surface area contributed by atoms with Crippen LogP contribution in [0.3, 0.4) is 0 Å². The molecule has 4 nitrogen and oxygen atoms in total. The van der Waals surface area contributed by atoms with Crippen molar-refractivity contribution in [2.75, 3.05) is 4.90 Å². The number of para-hydroxylation sites is 1. The molecular formula is C51H35N3O. The fraction of sp³-hybridized carbons (Fsp3) is 0.0588.